The fourth-order valence-electron chi connectivity index (χ4n) is 3.55. The van der Waals surface area contributed by atoms with Crippen molar-refractivity contribution in [1.29, 1.82) is 0 Å². The van der Waals surface area contributed by atoms with Gasteiger partial charge in [-0.05, 0) is 42.3 Å². The number of amides is 1. The van der Waals surface area contributed by atoms with Gasteiger partial charge in [0, 0.05) is 18.9 Å². The molecule has 0 aliphatic carbocycles. The lowest BCUT2D eigenvalue weighted by molar-refractivity contribution is 0.0952. The molecule has 31 heavy (non-hydrogen) atoms. The summed E-state index contributed by atoms with van der Waals surface area (Å²) in [6.45, 7) is 2.79. The number of nitrogens with one attached hydrogen (secondary N) is 1. The van der Waals surface area contributed by atoms with Crippen LogP contribution in [0.3, 0.4) is 0 Å². The van der Waals surface area contributed by atoms with E-state index in [0.717, 1.165) is 11.1 Å². The Bertz CT molecular complexity index is 1340. The van der Waals surface area contributed by atoms with Gasteiger partial charge in [-0.25, -0.2) is 4.98 Å². The largest absolute Gasteiger partial charge is 0.463 e. The van der Waals surface area contributed by atoms with Gasteiger partial charge in [0.2, 0.25) is 0 Å². The number of nitrogens with zero attached hydrogens (tertiary/aromatic N) is 4. The van der Waals surface area contributed by atoms with Crippen LogP contribution in [0.2, 0.25) is 0 Å². The van der Waals surface area contributed by atoms with Crippen LogP contribution < -0.4 is 5.32 Å². The number of hydrogen-bond acceptors (Lipinski definition) is 6. The topological polar surface area (TPSA) is 99.0 Å². The fourth-order valence-corrected chi connectivity index (χ4v) is 3.55. The average Bonchev–Trinajstić information content (AvgIpc) is 3.55. The number of carbonyl (C=O) groups excluding carboxylic acids is 1. The molecule has 8 heteroatoms. The first-order valence-electron chi connectivity index (χ1n) is 9.82. The molecular weight excluding hydrogens is 394 g/mol. The monoisotopic (exact) mass is 413 g/mol. The van der Waals surface area contributed by atoms with E-state index in [2.05, 4.69) is 20.6 Å². The minimum absolute atomic E-state index is 0.236. The summed E-state index contributed by atoms with van der Waals surface area (Å²) in [5.74, 6) is 0.315. The minimum atomic E-state index is -0.236. The number of furan rings is 1. The Hall–Kier alpha value is -4.20. The van der Waals surface area contributed by atoms with Crippen LogP contribution >= 0.6 is 0 Å². The molecule has 0 fully saturated rings. The highest BCUT2D eigenvalue weighted by atomic mass is 16.5. The molecule has 1 amide bonds. The average molecular weight is 413 g/mol. The zero-order valence-corrected chi connectivity index (χ0v) is 16.8. The number of benzene rings is 1. The minimum Gasteiger partial charge on any atom is -0.463 e. The molecule has 1 aromatic carbocycles. The second-order valence-corrected chi connectivity index (χ2v) is 7.14. The highest BCUT2D eigenvalue weighted by molar-refractivity contribution is 6.06. The summed E-state index contributed by atoms with van der Waals surface area (Å²) >= 11 is 0. The van der Waals surface area contributed by atoms with Gasteiger partial charge in [-0.15, -0.1) is 0 Å². The SMILES string of the molecule is Cc1noc2nc(-c3ccco3)cc(C(=O)NCc3ccccc3Cn3cccn3)c12. The molecule has 1 N–H and O–H groups in total. The van der Waals surface area contributed by atoms with E-state index in [0.29, 0.717) is 46.9 Å². The van der Waals surface area contributed by atoms with E-state index in [4.69, 9.17) is 8.94 Å². The molecule has 4 heterocycles. The summed E-state index contributed by atoms with van der Waals surface area (Å²) in [6.07, 6.45) is 5.22. The Kier molecular flexibility index (Phi) is 4.80. The number of hydrogen-bond donors (Lipinski definition) is 1. The number of aromatic nitrogens is 4. The van der Waals surface area contributed by atoms with E-state index in [1.807, 2.05) is 41.2 Å². The van der Waals surface area contributed by atoms with Crippen LogP contribution in [0.25, 0.3) is 22.6 Å². The second kappa shape index (κ2) is 7.91. The van der Waals surface area contributed by atoms with Crippen molar-refractivity contribution in [2.45, 2.75) is 20.0 Å². The Balaban J connectivity index is 1.43. The molecule has 0 atom stereocenters. The number of carbonyl (C=O) groups is 1. The molecule has 0 unspecified atom stereocenters. The summed E-state index contributed by atoms with van der Waals surface area (Å²) in [7, 11) is 0. The molecule has 154 valence electrons. The van der Waals surface area contributed by atoms with Gasteiger partial charge < -0.3 is 14.3 Å². The molecule has 8 nitrogen and oxygen atoms in total. The van der Waals surface area contributed by atoms with Gasteiger partial charge in [-0.2, -0.15) is 5.10 Å². The van der Waals surface area contributed by atoms with Crippen molar-refractivity contribution in [2.75, 3.05) is 0 Å². The molecule has 0 radical (unpaired) electrons. The van der Waals surface area contributed by atoms with Crippen molar-refractivity contribution in [3.63, 3.8) is 0 Å². The predicted octanol–water partition coefficient (Wildman–Crippen LogP) is 3.97. The third kappa shape index (κ3) is 3.71. The van der Waals surface area contributed by atoms with Crippen LogP contribution in [0.1, 0.15) is 27.2 Å². The maximum atomic E-state index is 13.2. The van der Waals surface area contributed by atoms with Gasteiger partial charge in [0.05, 0.1) is 29.5 Å². The van der Waals surface area contributed by atoms with E-state index in [9.17, 15) is 4.79 Å². The third-order valence-electron chi connectivity index (χ3n) is 5.08. The zero-order chi connectivity index (χ0) is 21.2. The van der Waals surface area contributed by atoms with E-state index in [1.165, 1.54) is 0 Å². The maximum absolute atomic E-state index is 13.2. The maximum Gasteiger partial charge on any atom is 0.259 e. The summed E-state index contributed by atoms with van der Waals surface area (Å²) < 4.78 is 12.6. The molecule has 4 aromatic heterocycles. The second-order valence-electron chi connectivity index (χ2n) is 7.14. The number of pyridine rings is 1. The molecule has 5 aromatic rings. The Labute approximate surface area is 177 Å². The molecule has 5 rings (SSSR count). The van der Waals surface area contributed by atoms with Crippen LogP contribution in [-0.4, -0.2) is 25.8 Å². The fraction of sp³-hybridized carbons (Fsp3) is 0.130. The molecule has 0 saturated carbocycles. The van der Waals surface area contributed by atoms with Gasteiger partial charge in [0.25, 0.3) is 11.6 Å². The molecular formula is C23H19N5O3. The van der Waals surface area contributed by atoms with Crippen molar-refractivity contribution in [2.24, 2.45) is 0 Å². The smallest absolute Gasteiger partial charge is 0.259 e. The van der Waals surface area contributed by atoms with E-state index >= 15 is 0 Å². The lowest BCUT2D eigenvalue weighted by atomic mass is 10.1. The lowest BCUT2D eigenvalue weighted by Gasteiger charge is -2.12. The van der Waals surface area contributed by atoms with Gasteiger partial charge in [0.1, 0.15) is 5.69 Å². The molecule has 0 spiro atoms. The van der Waals surface area contributed by atoms with Crippen molar-refractivity contribution in [3.05, 3.63) is 89.6 Å². The Morgan fingerprint density at radius 1 is 1.13 bits per heavy atom. The molecule has 0 aliphatic rings. The van der Waals surface area contributed by atoms with Crippen LogP contribution in [0.5, 0.6) is 0 Å². The highest BCUT2D eigenvalue weighted by Gasteiger charge is 2.20. The first-order valence-corrected chi connectivity index (χ1v) is 9.82. The highest BCUT2D eigenvalue weighted by Crippen LogP contribution is 2.27. The predicted molar refractivity (Wildman–Crippen MR) is 113 cm³/mol. The molecule has 0 bridgehead atoms. The van der Waals surface area contributed by atoms with Crippen LogP contribution in [0.15, 0.2) is 76.1 Å². The van der Waals surface area contributed by atoms with Gasteiger partial charge in [0.15, 0.2) is 5.76 Å². The van der Waals surface area contributed by atoms with Crippen LogP contribution in [0, 0.1) is 6.92 Å². The third-order valence-corrected chi connectivity index (χ3v) is 5.08. The summed E-state index contributed by atoms with van der Waals surface area (Å²) in [5, 5.41) is 11.9. The molecule has 0 aliphatic heterocycles. The van der Waals surface area contributed by atoms with Gasteiger partial charge in [-0.3, -0.25) is 9.48 Å². The number of aryl methyl sites for hydroxylation is 1. The van der Waals surface area contributed by atoms with Crippen molar-refractivity contribution in [1.82, 2.24) is 25.2 Å². The summed E-state index contributed by atoms with van der Waals surface area (Å²) in [6, 6.07) is 15.1. The Morgan fingerprint density at radius 3 is 2.77 bits per heavy atom. The lowest BCUT2D eigenvalue weighted by Crippen LogP contribution is -2.24. The number of fused-ring (bicyclic) bond motifs is 1. The van der Waals surface area contributed by atoms with Gasteiger partial charge in [-0.1, -0.05) is 29.4 Å². The normalized spacial score (nSPS) is 11.1. The Morgan fingerprint density at radius 2 is 2.00 bits per heavy atom. The first kappa shape index (κ1) is 18.8. The zero-order valence-electron chi connectivity index (χ0n) is 16.8. The summed E-state index contributed by atoms with van der Waals surface area (Å²) in [5.41, 5.74) is 3.97. The summed E-state index contributed by atoms with van der Waals surface area (Å²) in [4.78, 5) is 17.6. The van der Waals surface area contributed by atoms with E-state index in [1.54, 1.807) is 37.6 Å². The van der Waals surface area contributed by atoms with Crippen LogP contribution in [-0.2, 0) is 13.1 Å². The number of rotatable bonds is 6. The molecule has 0 saturated heterocycles. The quantitative estimate of drug-likeness (QED) is 0.452. The van der Waals surface area contributed by atoms with Crippen molar-refractivity contribution < 1.29 is 13.7 Å². The van der Waals surface area contributed by atoms with Crippen molar-refractivity contribution in [3.8, 4) is 11.5 Å². The van der Waals surface area contributed by atoms with E-state index < -0.39 is 0 Å². The van der Waals surface area contributed by atoms with Crippen molar-refractivity contribution >= 4 is 17.0 Å². The van der Waals surface area contributed by atoms with E-state index in [-0.39, 0.29) is 5.91 Å². The van der Waals surface area contributed by atoms with Crippen LogP contribution in [0.4, 0.5) is 0 Å². The standard InChI is InChI=1S/C23H19N5O3/c1-15-21-18(12-19(20-8-4-11-30-20)26-23(21)31-27-15)22(29)24-13-16-6-2-3-7-17(16)14-28-10-5-9-25-28/h2-12H,13-14H2,1H3,(H,24,29). The van der Waals surface area contributed by atoms with Gasteiger partial charge >= 0.3 is 0 Å². The first-order chi connectivity index (χ1) is 15.2.